The molecule has 3 nitrogen and oxygen atoms in total. The highest BCUT2D eigenvalue weighted by molar-refractivity contribution is 5.94. The molecule has 80 valence electrons. The molecule has 1 aromatic rings. The van der Waals surface area contributed by atoms with Crippen molar-refractivity contribution in [1.29, 1.82) is 0 Å². The van der Waals surface area contributed by atoms with Crippen LogP contribution in [0, 0.1) is 0 Å². The van der Waals surface area contributed by atoms with Gasteiger partial charge in [0.05, 0.1) is 0 Å². The second kappa shape index (κ2) is 3.66. The van der Waals surface area contributed by atoms with E-state index in [9.17, 15) is 4.79 Å². The number of amides is 1. The van der Waals surface area contributed by atoms with Crippen LogP contribution >= 0.6 is 0 Å². The Balaban J connectivity index is 2.46. The first-order valence-electron chi connectivity index (χ1n) is 5.25. The van der Waals surface area contributed by atoms with Gasteiger partial charge in [0.1, 0.15) is 0 Å². The van der Waals surface area contributed by atoms with E-state index < -0.39 is 0 Å². The second-order valence-electron chi connectivity index (χ2n) is 4.11. The summed E-state index contributed by atoms with van der Waals surface area (Å²) in [4.78, 5) is 13.4. The predicted octanol–water partition coefficient (Wildman–Crippen LogP) is 1.44. The highest BCUT2D eigenvalue weighted by Gasteiger charge is 2.28. The Kier molecular flexibility index (Phi) is 2.49. The maximum atomic E-state index is 11.5. The monoisotopic (exact) mass is 204 g/mol. The molecule has 0 aromatic heterocycles. The van der Waals surface area contributed by atoms with E-state index in [0.717, 1.165) is 17.7 Å². The maximum absolute atomic E-state index is 11.5. The molecule has 0 spiro atoms. The summed E-state index contributed by atoms with van der Waals surface area (Å²) in [5, 5.41) is 0. The van der Waals surface area contributed by atoms with Crippen molar-refractivity contribution in [2.24, 2.45) is 5.73 Å². The zero-order valence-corrected chi connectivity index (χ0v) is 9.16. The number of carbonyl (C=O) groups excluding carboxylic acids is 1. The maximum Gasteiger partial charge on any atom is 0.224 e. The number of nitrogens with two attached hydrogens (primary N) is 1. The van der Waals surface area contributed by atoms with E-state index in [2.05, 4.69) is 13.0 Å². The molecule has 15 heavy (non-hydrogen) atoms. The molecular weight excluding hydrogens is 188 g/mol. The van der Waals surface area contributed by atoms with Crippen LogP contribution in [0.25, 0.3) is 0 Å². The second-order valence-corrected chi connectivity index (χ2v) is 4.11. The molecule has 2 N–H and O–H groups in total. The zero-order chi connectivity index (χ0) is 11.0. The third-order valence-corrected chi connectivity index (χ3v) is 2.94. The third-order valence-electron chi connectivity index (χ3n) is 2.94. The SMILES string of the molecule is CC(=O)N1c2cc(CN)ccc2CC1C. The van der Waals surface area contributed by atoms with Crippen LogP contribution in [-0.4, -0.2) is 11.9 Å². The van der Waals surface area contributed by atoms with Gasteiger partial charge in [0.2, 0.25) is 5.91 Å². The minimum Gasteiger partial charge on any atom is -0.326 e. The van der Waals surface area contributed by atoms with Crippen molar-refractivity contribution in [3.63, 3.8) is 0 Å². The van der Waals surface area contributed by atoms with Crippen molar-refractivity contribution in [3.8, 4) is 0 Å². The first kappa shape index (κ1) is 10.2. The highest BCUT2D eigenvalue weighted by Crippen LogP contribution is 2.32. The van der Waals surface area contributed by atoms with E-state index in [1.54, 1.807) is 6.92 Å². The van der Waals surface area contributed by atoms with E-state index in [1.165, 1.54) is 5.56 Å². The molecule has 0 saturated carbocycles. The molecule has 0 radical (unpaired) electrons. The summed E-state index contributed by atoms with van der Waals surface area (Å²) in [7, 11) is 0. The molecule has 0 bridgehead atoms. The van der Waals surface area contributed by atoms with Gasteiger partial charge >= 0.3 is 0 Å². The number of carbonyl (C=O) groups is 1. The minimum absolute atomic E-state index is 0.107. The number of benzene rings is 1. The molecule has 0 aliphatic carbocycles. The molecule has 1 aliphatic heterocycles. The summed E-state index contributed by atoms with van der Waals surface area (Å²) in [6.45, 7) is 4.21. The van der Waals surface area contributed by atoms with Crippen molar-refractivity contribution in [2.45, 2.75) is 32.9 Å². The average molecular weight is 204 g/mol. The number of hydrogen-bond acceptors (Lipinski definition) is 2. The average Bonchev–Trinajstić information content (AvgIpc) is 2.52. The summed E-state index contributed by atoms with van der Waals surface area (Å²) in [5.41, 5.74) is 8.96. The van der Waals surface area contributed by atoms with Gasteiger partial charge in [0.25, 0.3) is 0 Å². The zero-order valence-electron chi connectivity index (χ0n) is 9.16. The summed E-state index contributed by atoms with van der Waals surface area (Å²) < 4.78 is 0. The van der Waals surface area contributed by atoms with E-state index in [4.69, 9.17) is 5.73 Å². The molecule has 0 fully saturated rings. The lowest BCUT2D eigenvalue weighted by Crippen LogP contribution is -2.33. The van der Waals surface area contributed by atoms with Crippen molar-refractivity contribution in [2.75, 3.05) is 4.90 Å². The van der Waals surface area contributed by atoms with E-state index in [-0.39, 0.29) is 11.9 Å². The van der Waals surface area contributed by atoms with Crippen LogP contribution in [0.1, 0.15) is 25.0 Å². The van der Waals surface area contributed by atoms with Gasteiger partial charge in [0.15, 0.2) is 0 Å². The van der Waals surface area contributed by atoms with Crippen molar-refractivity contribution in [1.82, 2.24) is 0 Å². The topological polar surface area (TPSA) is 46.3 Å². The Labute approximate surface area is 89.9 Å². The van der Waals surface area contributed by atoms with Gasteiger partial charge in [-0.05, 0) is 30.5 Å². The molecule has 1 amide bonds. The molecule has 1 unspecified atom stereocenters. The van der Waals surface area contributed by atoms with Crippen LogP contribution in [0.5, 0.6) is 0 Å². The first-order chi connectivity index (χ1) is 7.13. The van der Waals surface area contributed by atoms with Crippen LogP contribution in [0.15, 0.2) is 18.2 Å². The Bertz CT molecular complexity index is 401. The number of hydrogen-bond donors (Lipinski definition) is 1. The van der Waals surface area contributed by atoms with Crippen molar-refractivity contribution in [3.05, 3.63) is 29.3 Å². The molecule has 0 saturated heterocycles. The van der Waals surface area contributed by atoms with Crippen LogP contribution in [-0.2, 0) is 17.8 Å². The van der Waals surface area contributed by atoms with Crippen molar-refractivity contribution < 1.29 is 4.79 Å². The van der Waals surface area contributed by atoms with Gasteiger partial charge in [-0.2, -0.15) is 0 Å². The molecule has 3 heteroatoms. The largest absolute Gasteiger partial charge is 0.326 e. The molecule has 2 rings (SSSR count). The molecule has 1 atom stereocenters. The number of nitrogens with zero attached hydrogens (tertiary/aromatic N) is 1. The fraction of sp³-hybridized carbons (Fsp3) is 0.417. The first-order valence-corrected chi connectivity index (χ1v) is 5.25. The van der Waals surface area contributed by atoms with Gasteiger partial charge in [0, 0.05) is 25.2 Å². The lowest BCUT2D eigenvalue weighted by Gasteiger charge is -2.20. The van der Waals surface area contributed by atoms with Crippen LogP contribution in [0.2, 0.25) is 0 Å². The van der Waals surface area contributed by atoms with E-state index in [1.807, 2.05) is 17.0 Å². The lowest BCUT2D eigenvalue weighted by molar-refractivity contribution is -0.116. The fourth-order valence-corrected chi connectivity index (χ4v) is 2.26. The van der Waals surface area contributed by atoms with Gasteiger partial charge in [-0.1, -0.05) is 12.1 Å². The standard InChI is InChI=1S/C12H16N2O/c1-8-5-11-4-3-10(7-13)6-12(11)14(8)9(2)15/h3-4,6,8H,5,7,13H2,1-2H3. The highest BCUT2D eigenvalue weighted by atomic mass is 16.2. The van der Waals surface area contributed by atoms with Crippen LogP contribution in [0.4, 0.5) is 5.69 Å². The smallest absolute Gasteiger partial charge is 0.224 e. The van der Waals surface area contributed by atoms with Gasteiger partial charge < -0.3 is 10.6 Å². The Hall–Kier alpha value is -1.35. The van der Waals surface area contributed by atoms with Gasteiger partial charge in [-0.15, -0.1) is 0 Å². The third kappa shape index (κ3) is 1.63. The quantitative estimate of drug-likeness (QED) is 0.752. The number of anilines is 1. The Morgan fingerprint density at radius 2 is 2.33 bits per heavy atom. The molecular formula is C12H16N2O. The molecule has 1 aliphatic rings. The number of rotatable bonds is 1. The Morgan fingerprint density at radius 1 is 1.60 bits per heavy atom. The Morgan fingerprint density at radius 3 is 2.93 bits per heavy atom. The lowest BCUT2D eigenvalue weighted by atomic mass is 10.1. The minimum atomic E-state index is 0.107. The van der Waals surface area contributed by atoms with Crippen molar-refractivity contribution >= 4 is 11.6 Å². The molecule has 1 aromatic carbocycles. The predicted molar refractivity (Wildman–Crippen MR) is 60.7 cm³/mol. The fourth-order valence-electron chi connectivity index (χ4n) is 2.26. The summed E-state index contributed by atoms with van der Waals surface area (Å²) in [5.74, 6) is 0.107. The van der Waals surface area contributed by atoms with Crippen LogP contribution in [0.3, 0.4) is 0 Å². The van der Waals surface area contributed by atoms with E-state index in [0.29, 0.717) is 6.54 Å². The summed E-state index contributed by atoms with van der Waals surface area (Å²) in [6, 6.07) is 6.41. The van der Waals surface area contributed by atoms with Gasteiger partial charge in [-0.3, -0.25) is 4.79 Å². The van der Waals surface area contributed by atoms with E-state index >= 15 is 0 Å². The van der Waals surface area contributed by atoms with Gasteiger partial charge in [-0.25, -0.2) is 0 Å². The summed E-state index contributed by atoms with van der Waals surface area (Å²) >= 11 is 0. The normalized spacial score (nSPS) is 19.1. The van der Waals surface area contributed by atoms with Crippen LogP contribution < -0.4 is 10.6 Å². The molecule has 1 heterocycles. The summed E-state index contributed by atoms with van der Waals surface area (Å²) in [6.07, 6.45) is 0.944. The number of fused-ring (bicyclic) bond motifs is 1.